The summed E-state index contributed by atoms with van der Waals surface area (Å²) in [6.07, 6.45) is 1.65. The molecule has 1 amide bonds. The number of pyridine rings is 1. The van der Waals surface area contributed by atoms with Crippen molar-refractivity contribution in [3.63, 3.8) is 0 Å². The van der Waals surface area contributed by atoms with Gasteiger partial charge in [-0.3, -0.25) is 9.36 Å². The minimum Gasteiger partial charge on any atom is -0.493 e. The molecule has 5 nitrogen and oxygen atoms in total. The number of aryl methyl sites for hydroxylation is 1. The first-order valence-corrected chi connectivity index (χ1v) is 8.69. The number of hydrogen-bond donors (Lipinski definition) is 1. The Morgan fingerprint density at radius 1 is 1.35 bits per heavy atom. The van der Waals surface area contributed by atoms with E-state index in [0.29, 0.717) is 17.9 Å². The van der Waals surface area contributed by atoms with Crippen molar-refractivity contribution in [2.75, 3.05) is 11.4 Å². The predicted molar refractivity (Wildman–Crippen MR) is 107 cm³/mol. The molecule has 3 rings (SSSR count). The number of aromatic nitrogens is 2. The summed E-state index contributed by atoms with van der Waals surface area (Å²) < 4.78 is 1.79. The molecule has 2 heterocycles. The molecule has 0 unspecified atom stereocenters. The van der Waals surface area contributed by atoms with Crippen LogP contribution >= 0.6 is 0 Å². The highest BCUT2D eigenvalue weighted by Gasteiger charge is 2.29. The van der Waals surface area contributed by atoms with Gasteiger partial charge in [0, 0.05) is 29.8 Å². The van der Waals surface area contributed by atoms with Crippen LogP contribution in [0, 0.1) is 6.92 Å². The third-order valence-corrected chi connectivity index (χ3v) is 4.47. The topological polar surface area (TPSA) is 58.4 Å². The zero-order chi connectivity index (χ0) is 19.2. The van der Waals surface area contributed by atoms with Crippen molar-refractivity contribution >= 4 is 33.5 Å². The Hall–Kier alpha value is -2.82. The van der Waals surface area contributed by atoms with Gasteiger partial charge in [0.1, 0.15) is 11.3 Å². The molecule has 0 radical (unpaired) electrons. The summed E-state index contributed by atoms with van der Waals surface area (Å²) in [5, 5.41) is 12.8. The second-order valence-electron chi connectivity index (χ2n) is 7.65. The van der Waals surface area contributed by atoms with E-state index in [1.165, 1.54) is 11.8 Å². The first-order valence-electron chi connectivity index (χ1n) is 8.69. The summed E-state index contributed by atoms with van der Waals surface area (Å²) in [6, 6.07) is 8.06. The van der Waals surface area contributed by atoms with Crippen molar-refractivity contribution in [2.45, 2.75) is 40.2 Å². The van der Waals surface area contributed by atoms with Crippen molar-refractivity contribution in [3.8, 4) is 5.88 Å². The largest absolute Gasteiger partial charge is 0.493 e. The van der Waals surface area contributed by atoms with Crippen molar-refractivity contribution < 1.29 is 9.90 Å². The van der Waals surface area contributed by atoms with E-state index in [2.05, 4.69) is 12.6 Å². The number of carbonyl (C=O) groups is 1. The number of carbonyl (C=O) groups excluding carboxylic acids is 1. The van der Waals surface area contributed by atoms with E-state index < -0.39 is 5.54 Å². The number of amides is 1. The average molecular weight is 351 g/mol. The molecule has 2 aromatic heterocycles. The van der Waals surface area contributed by atoms with Gasteiger partial charge in [0.25, 0.3) is 0 Å². The predicted octanol–water partition coefficient (Wildman–Crippen LogP) is 4.50. The first-order chi connectivity index (χ1) is 12.1. The Bertz CT molecular complexity index is 1030. The number of benzene rings is 1. The molecule has 0 aliphatic rings. The van der Waals surface area contributed by atoms with Gasteiger partial charge in [-0.15, -0.1) is 6.58 Å². The van der Waals surface area contributed by atoms with Gasteiger partial charge in [-0.25, -0.2) is 4.98 Å². The number of nitrogens with zero attached hydrogens (tertiary/aromatic N) is 3. The molecule has 0 bridgehead atoms. The van der Waals surface area contributed by atoms with Crippen LogP contribution in [0.3, 0.4) is 0 Å². The number of rotatable bonds is 3. The summed E-state index contributed by atoms with van der Waals surface area (Å²) in [7, 11) is 0. The lowest BCUT2D eigenvalue weighted by Crippen LogP contribution is -2.28. The van der Waals surface area contributed by atoms with E-state index in [-0.39, 0.29) is 11.8 Å². The van der Waals surface area contributed by atoms with Crippen LogP contribution in [0.15, 0.2) is 36.9 Å². The smallest absolute Gasteiger partial charge is 0.224 e. The van der Waals surface area contributed by atoms with Gasteiger partial charge in [-0.05, 0) is 45.9 Å². The second kappa shape index (κ2) is 6.16. The van der Waals surface area contributed by atoms with Crippen LogP contribution in [-0.2, 0) is 10.3 Å². The van der Waals surface area contributed by atoms with Crippen molar-refractivity contribution in [2.24, 2.45) is 0 Å². The van der Waals surface area contributed by atoms with Gasteiger partial charge in [-0.1, -0.05) is 17.7 Å². The van der Waals surface area contributed by atoms with Crippen LogP contribution in [0.5, 0.6) is 5.88 Å². The zero-order valence-corrected chi connectivity index (χ0v) is 16.0. The molecule has 0 saturated heterocycles. The molecule has 0 aliphatic heterocycles. The Morgan fingerprint density at radius 3 is 2.62 bits per heavy atom. The molecule has 0 aliphatic carbocycles. The quantitative estimate of drug-likeness (QED) is 0.707. The number of aromatic hydroxyl groups is 1. The molecule has 5 heteroatoms. The Morgan fingerprint density at radius 2 is 2.04 bits per heavy atom. The molecule has 0 fully saturated rings. The molecule has 1 N–H and O–H groups in total. The normalized spacial score (nSPS) is 11.9. The van der Waals surface area contributed by atoms with E-state index in [1.54, 1.807) is 10.6 Å². The third-order valence-electron chi connectivity index (χ3n) is 4.47. The van der Waals surface area contributed by atoms with E-state index in [0.717, 1.165) is 21.9 Å². The van der Waals surface area contributed by atoms with Crippen molar-refractivity contribution in [1.82, 2.24) is 9.55 Å². The van der Waals surface area contributed by atoms with E-state index >= 15 is 0 Å². The third kappa shape index (κ3) is 2.83. The zero-order valence-electron chi connectivity index (χ0n) is 16.0. The Labute approximate surface area is 153 Å². The molecule has 136 valence electrons. The molecular formula is C21H25N3O2. The maximum absolute atomic E-state index is 12.2. The second-order valence-corrected chi connectivity index (χ2v) is 7.65. The summed E-state index contributed by atoms with van der Waals surface area (Å²) in [5.41, 5.74) is 2.74. The van der Waals surface area contributed by atoms with Crippen molar-refractivity contribution in [3.05, 3.63) is 42.5 Å². The van der Waals surface area contributed by atoms with Crippen LogP contribution in [0.25, 0.3) is 21.9 Å². The summed E-state index contributed by atoms with van der Waals surface area (Å²) in [6.45, 7) is 13.6. The molecule has 0 spiro atoms. The first kappa shape index (κ1) is 18.0. The fraction of sp³-hybridized carbons (Fsp3) is 0.333. The molecule has 1 aromatic carbocycles. The van der Waals surface area contributed by atoms with E-state index in [9.17, 15) is 9.90 Å². The number of anilines is 1. The van der Waals surface area contributed by atoms with Gasteiger partial charge in [-0.2, -0.15) is 0 Å². The molecule has 0 saturated carbocycles. The molecule has 26 heavy (non-hydrogen) atoms. The standard InChI is InChI=1S/C21H25N3O2/c1-7-10-23(14(3)25)18-16-12-15-11-13(2)8-9-17(15)22-19(16)24(20(18)26)21(4,5)6/h7-9,11-12,26H,1,10H2,2-6H3. The molecule has 0 atom stereocenters. The lowest BCUT2D eigenvalue weighted by Gasteiger charge is -2.24. The average Bonchev–Trinajstić information content (AvgIpc) is 2.81. The minimum absolute atomic E-state index is 0.0454. The van der Waals surface area contributed by atoms with E-state index in [1.807, 2.05) is 45.9 Å². The Kier molecular flexibility index (Phi) is 4.26. The van der Waals surface area contributed by atoms with Crippen molar-refractivity contribution in [1.29, 1.82) is 0 Å². The van der Waals surface area contributed by atoms with Crippen LogP contribution in [0.4, 0.5) is 5.69 Å². The lowest BCUT2D eigenvalue weighted by atomic mass is 10.1. The van der Waals surface area contributed by atoms with Gasteiger partial charge in [0.2, 0.25) is 11.8 Å². The van der Waals surface area contributed by atoms with Crippen LogP contribution in [-0.4, -0.2) is 27.1 Å². The maximum Gasteiger partial charge on any atom is 0.224 e. The fourth-order valence-corrected chi connectivity index (χ4v) is 3.37. The van der Waals surface area contributed by atoms with Crippen LogP contribution in [0.2, 0.25) is 0 Å². The van der Waals surface area contributed by atoms with Gasteiger partial charge >= 0.3 is 0 Å². The fourth-order valence-electron chi connectivity index (χ4n) is 3.37. The van der Waals surface area contributed by atoms with E-state index in [4.69, 9.17) is 4.98 Å². The maximum atomic E-state index is 12.2. The van der Waals surface area contributed by atoms with Crippen LogP contribution in [0.1, 0.15) is 33.3 Å². The summed E-state index contributed by atoms with van der Waals surface area (Å²) >= 11 is 0. The number of fused-ring (bicyclic) bond motifs is 2. The van der Waals surface area contributed by atoms with Gasteiger partial charge in [0.05, 0.1) is 5.52 Å². The Balaban J connectivity index is 2.47. The highest BCUT2D eigenvalue weighted by Crippen LogP contribution is 2.43. The highest BCUT2D eigenvalue weighted by atomic mass is 16.3. The summed E-state index contributed by atoms with van der Waals surface area (Å²) in [4.78, 5) is 18.6. The number of hydrogen-bond acceptors (Lipinski definition) is 3. The lowest BCUT2D eigenvalue weighted by molar-refractivity contribution is -0.116. The molecular weight excluding hydrogens is 326 g/mol. The van der Waals surface area contributed by atoms with Gasteiger partial charge in [0.15, 0.2) is 0 Å². The van der Waals surface area contributed by atoms with Gasteiger partial charge < -0.3 is 10.0 Å². The minimum atomic E-state index is -0.400. The highest BCUT2D eigenvalue weighted by molar-refractivity contribution is 6.07. The van der Waals surface area contributed by atoms with Crippen LogP contribution < -0.4 is 4.90 Å². The molecule has 3 aromatic rings. The summed E-state index contributed by atoms with van der Waals surface area (Å²) in [5.74, 6) is -0.110. The SMILES string of the molecule is C=CCN(C(C)=O)c1c(O)n(C(C)(C)C)c2nc3ccc(C)cc3cc12. The monoisotopic (exact) mass is 351 g/mol.